The van der Waals surface area contributed by atoms with Crippen LogP contribution >= 0.6 is 11.8 Å². The van der Waals surface area contributed by atoms with Crippen molar-refractivity contribution in [1.82, 2.24) is 9.88 Å². The number of aliphatic imine (C=N–C) groups is 1. The van der Waals surface area contributed by atoms with Gasteiger partial charge in [-0.05, 0) is 55.5 Å². The number of amidine groups is 1. The highest BCUT2D eigenvalue weighted by atomic mass is 32.2. The fourth-order valence-electron chi connectivity index (χ4n) is 1.94. The van der Waals surface area contributed by atoms with Gasteiger partial charge in [-0.2, -0.15) is 5.26 Å². The lowest BCUT2D eigenvalue weighted by Gasteiger charge is -2.08. The van der Waals surface area contributed by atoms with E-state index in [0.29, 0.717) is 5.17 Å². The number of aryl methyl sites for hydroxylation is 2. The van der Waals surface area contributed by atoms with Gasteiger partial charge in [0.2, 0.25) is 0 Å². The van der Waals surface area contributed by atoms with E-state index in [1.807, 2.05) is 36.8 Å². The van der Waals surface area contributed by atoms with Crippen LogP contribution in [0.25, 0.3) is 5.69 Å². The molecule has 4 nitrogen and oxygen atoms in total. The van der Waals surface area contributed by atoms with E-state index in [-0.39, 0.29) is 0 Å². The molecule has 1 aromatic carbocycles. The average Bonchev–Trinajstić information content (AvgIpc) is 2.85. The highest BCUT2D eigenvalue weighted by Gasteiger charge is 2.03. The Labute approximate surface area is 123 Å². The molecule has 0 radical (unpaired) electrons. The summed E-state index contributed by atoms with van der Waals surface area (Å²) in [7, 11) is 0. The minimum atomic E-state index is 0.594. The third-order valence-corrected chi connectivity index (χ3v) is 3.47. The summed E-state index contributed by atoms with van der Waals surface area (Å²) < 4.78 is 2.10. The molecule has 1 aromatic heterocycles. The molecule has 20 heavy (non-hydrogen) atoms. The summed E-state index contributed by atoms with van der Waals surface area (Å²) in [6.07, 6.45) is 7.91. The molecule has 0 aliphatic heterocycles. The first-order chi connectivity index (χ1) is 9.63. The number of hydrogen-bond acceptors (Lipinski definition) is 3. The Bertz CT molecular complexity index is 679. The summed E-state index contributed by atoms with van der Waals surface area (Å²) in [4.78, 5) is 4.40. The van der Waals surface area contributed by atoms with E-state index in [2.05, 4.69) is 41.0 Å². The number of rotatable bonds is 2. The molecule has 0 unspecified atom stereocenters. The van der Waals surface area contributed by atoms with Crippen LogP contribution in [0.1, 0.15) is 11.1 Å². The molecule has 0 bridgehead atoms. The van der Waals surface area contributed by atoms with Gasteiger partial charge in [0.1, 0.15) is 0 Å². The Balaban J connectivity index is 2.33. The van der Waals surface area contributed by atoms with Gasteiger partial charge in [0.15, 0.2) is 11.4 Å². The topological polar surface area (TPSA) is 53.1 Å². The van der Waals surface area contributed by atoms with Crippen LogP contribution in [0.3, 0.4) is 0 Å². The minimum absolute atomic E-state index is 0.594. The molecule has 2 aromatic rings. The molecule has 102 valence electrons. The maximum Gasteiger partial charge on any atom is 0.183 e. The Morgan fingerprint density at radius 1 is 1.35 bits per heavy atom. The number of nitriles is 1. The predicted octanol–water partition coefficient (Wildman–Crippen LogP) is 3.52. The van der Waals surface area contributed by atoms with Crippen molar-refractivity contribution < 1.29 is 0 Å². The molecule has 0 fully saturated rings. The lowest BCUT2D eigenvalue weighted by molar-refractivity contribution is 1.06. The summed E-state index contributed by atoms with van der Waals surface area (Å²) in [5.74, 6) is 0. The zero-order chi connectivity index (χ0) is 14.5. The molecule has 0 spiro atoms. The van der Waals surface area contributed by atoms with Gasteiger partial charge in [0, 0.05) is 18.1 Å². The van der Waals surface area contributed by atoms with Gasteiger partial charge in [-0.25, -0.2) is 4.99 Å². The Hall–Kier alpha value is -2.19. The van der Waals surface area contributed by atoms with Crippen LogP contribution in [-0.2, 0) is 0 Å². The van der Waals surface area contributed by atoms with Gasteiger partial charge in [-0.15, -0.1) is 0 Å². The number of hydrogen-bond donors (Lipinski definition) is 1. The highest BCUT2D eigenvalue weighted by Crippen LogP contribution is 2.22. The summed E-state index contributed by atoms with van der Waals surface area (Å²) in [5.41, 5.74) is 4.34. The highest BCUT2D eigenvalue weighted by molar-refractivity contribution is 8.13. The number of nitrogens with zero attached hydrogens (tertiary/aromatic N) is 3. The van der Waals surface area contributed by atoms with Crippen LogP contribution in [0.15, 0.2) is 41.7 Å². The third kappa shape index (κ3) is 3.22. The second-order valence-corrected chi connectivity index (χ2v) is 5.22. The zero-order valence-electron chi connectivity index (χ0n) is 11.7. The Morgan fingerprint density at radius 3 is 2.70 bits per heavy atom. The monoisotopic (exact) mass is 284 g/mol. The van der Waals surface area contributed by atoms with E-state index in [9.17, 15) is 0 Å². The quantitative estimate of drug-likeness (QED) is 0.397. The Kier molecular flexibility index (Phi) is 4.49. The number of aromatic nitrogens is 1. The van der Waals surface area contributed by atoms with E-state index in [1.54, 1.807) is 0 Å². The molecule has 5 heteroatoms. The zero-order valence-corrected chi connectivity index (χ0v) is 12.5. The average molecular weight is 284 g/mol. The second-order valence-electron chi connectivity index (χ2n) is 4.42. The first kappa shape index (κ1) is 14.2. The molecule has 2 rings (SSSR count). The molecule has 0 atom stereocenters. The van der Waals surface area contributed by atoms with Gasteiger partial charge in [-0.3, -0.25) is 5.32 Å². The normalized spacial score (nSPS) is 11.2. The molecule has 1 heterocycles. The second kappa shape index (κ2) is 6.31. The molecule has 0 saturated carbocycles. The van der Waals surface area contributed by atoms with E-state index >= 15 is 0 Å². The largest absolute Gasteiger partial charge is 0.323 e. The van der Waals surface area contributed by atoms with Gasteiger partial charge in [0.05, 0.1) is 5.69 Å². The van der Waals surface area contributed by atoms with Crippen LogP contribution in [0.5, 0.6) is 0 Å². The standard InChI is InChI=1S/C15H16N4S/c1-11-6-7-19(9-11)14-5-4-13(8-12(14)2)18-15(20-3)17-10-16/h4-9H,1-3H3,(H,17,18). The van der Waals surface area contributed by atoms with Crippen LogP contribution < -0.4 is 5.32 Å². The van der Waals surface area contributed by atoms with Crippen molar-refractivity contribution in [3.8, 4) is 11.9 Å². The number of benzene rings is 1. The fraction of sp³-hybridized carbons (Fsp3) is 0.200. The minimum Gasteiger partial charge on any atom is -0.323 e. The Morgan fingerprint density at radius 2 is 2.15 bits per heavy atom. The van der Waals surface area contributed by atoms with Crippen molar-refractivity contribution in [2.24, 2.45) is 4.99 Å². The number of nitrogens with one attached hydrogen (secondary N) is 1. The first-order valence-corrected chi connectivity index (χ1v) is 7.40. The van der Waals surface area contributed by atoms with Crippen molar-refractivity contribution in [3.05, 3.63) is 47.8 Å². The van der Waals surface area contributed by atoms with E-state index < -0.39 is 0 Å². The van der Waals surface area contributed by atoms with Crippen LogP contribution in [0.2, 0.25) is 0 Å². The maximum absolute atomic E-state index is 8.64. The van der Waals surface area contributed by atoms with E-state index in [1.165, 1.54) is 17.3 Å². The lowest BCUT2D eigenvalue weighted by Crippen LogP contribution is -2.12. The van der Waals surface area contributed by atoms with Crippen molar-refractivity contribution in [2.45, 2.75) is 13.8 Å². The molecular formula is C15H16N4S. The molecular weight excluding hydrogens is 268 g/mol. The van der Waals surface area contributed by atoms with Crippen LogP contribution in [-0.4, -0.2) is 16.0 Å². The fourth-order valence-corrected chi connectivity index (χ4v) is 2.29. The lowest BCUT2D eigenvalue weighted by atomic mass is 10.2. The van der Waals surface area contributed by atoms with Gasteiger partial charge in [-0.1, -0.05) is 11.8 Å². The van der Waals surface area contributed by atoms with E-state index in [4.69, 9.17) is 5.26 Å². The van der Waals surface area contributed by atoms with Crippen molar-refractivity contribution in [3.63, 3.8) is 0 Å². The summed E-state index contributed by atoms with van der Waals surface area (Å²) in [5, 5.41) is 11.8. The SMILES string of the molecule is CSC(=Nc1ccc(-n2ccc(C)c2)c(C)c1)NC#N. The smallest absolute Gasteiger partial charge is 0.183 e. The molecule has 0 aliphatic rings. The van der Waals surface area contributed by atoms with Crippen LogP contribution in [0.4, 0.5) is 5.69 Å². The van der Waals surface area contributed by atoms with Gasteiger partial charge in [0.25, 0.3) is 0 Å². The van der Waals surface area contributed by atoms with Crippen molar-refractivity contribution >= 4 is 22.6 Å². The molecule has 1 N–H and O–H groups in total. The first-order valence-electron chi connectivity index (χ1n) is 6.17. The number of thioether (sulfide) groups is 1. The van der Waals surface area contributed by atoms with Gasteiger partial charge < -0.3 is 4.57 Å². The molecule has 0 amide bonds. The van der Waals surface area contributed by atoms with Crippen molar-refractivity contribution in [1.29, 1.82) is 5.26 Å². The molecule has 0 saturated heterocycles. The van der Waals surface area contributed by atoms with Crippen LogP contribution in [0, 0.1) is 25.3 Å². The predicted molar refractivity (Wildman–Crippen MR) is 84.6 cm³/mol. The van der Waals surface area contributed by atoms with Gasteiger partial charge >= 0.3 is 0 Å². The summed E-state index contributed by atoms with van der Waals surface area (Å²) >= 11 is 1.41. The third-order valence-electron chi connectivity index (χ3n) is 2.89. The van der Waals surface area contributed by atoms with E-state index in [0.717, 1.165) is 16.9 Å². The van der Waals surface area contributed by atoms with Crippen molar-refractivity contribution in [2.75, 3.05) is 6.26 Å². The summed E-state index contributed by atoms with van der Waals surface area (Å²) in [6.45, 7) is 4.13. The summed E-state index contributed by atoms with van der Waals surface area (Å²) in [6, 6.07) is 8.08. The molecule has 0 aliphatic carbocycles. The maximum atomic E-state index is 8.64.